The highest BCUT2D eigenvalue weighted by molar-refractivity contribution is 7.89. The zero-order valence-corrected chi connectivity index (χ0v) is 26.1. The molecule has 0 spiro atoms. The fraction of sp³-hybridized carbons (Fsp3) is 0.533. The molecule has 0 radical (unpaired) electrons. The van der Waals surface area contributed by atoms with Gasteiger partial charge in [0.05, 0.1) is 17.1 Å². The average molecular weight is 595 g/mol. The minimum absolute atomic E-state index is 0.0747. The third-order valence-electron chi connectivity index (χ3n) is 8.31. The number of anilines is 2. The maximum Gasteiger partial charge on any atom is 0.276 e. The van der Waals surface area contributed by atoms with Crippen molar-refractivity contribution < 1.29 is 13.2 Å². The van der Waals surface area contributed by atoms with Crippen LogP contribution >= 0.6 is 0 Å². The Labute approximate surface area is 248 Å². The Morgan fingerprint density at radius 1 is 1.10 bits per heavy atom. The van der Waals surface area contributed by atoms with Crippen molar-refractivity contribution in [2.24, 2.45) is 7.05 Å². The van der Waals surface area contributed by atoms with Crippen LogP contribution in [-0.4, -0.2) is 88.8 Å². The molecule has 1 amide bonds. The zero-order chi connectivity index (χ0) is 30.0. The minimum atomic E-state index is -3.27. The first kappa shape index (κ1) is 30.1. The highest BCUT2D eigenvalue weighted by Gasteiger charge is 2.31. The van der Waals surface area contributed by atoms with Crippen LogP contribution in [0.15, 0.2) is 24.4 Å². The molecule has 3 aromatic rings. The number of benzene rings is 1. The van der Waals surface area contributed by atoms with Crippen molar-refractivity contribution in [1.82, 2.24) is 29.0 Å². The summed E-state index contributed by atoms with van der Waals surface area (Å²) in [5, 5.41) is 11.3. The number of carbonyl (C=O) groups is 1. The molecule has 226 valence electrons. The number of para-hydroxylation sites is 1. The predicted molar refractivity (Wildman–Crippen MR) is 165 cm³/mol. The fourth-order valence-electron chi connectivity index (χ4n) is 5.87. The lowest BCUT2D eigenvalue weighted by Gasteiger charge is -2.32. The van der Waals surface area contributed by atoms with Crippen molar-refractivity contribution in [3.05, 3.63) is 52.3 Å². The van der Waals surface area contributed by atoms with Crippen molar-refractivity contribution >= 4 is 27.6 Å². The first-order valence-electron chi connectivity index (χ1n) is 14.8. The number of carbonyl (C=O) groups excluding carboxylic acids is 1. The molecule has 42 heavy (non-hydrogen) atoms. The topological polar surface area (TPSA) is 125 Å². The van der Waals surface area contributed by atoms with Crippen molar-refractivity contribution in [3.63, 3.8) is 0 Å². The van der Waals surface area contributed by atoms with Gasteiger partial charge in [0.1, 0.15) is 0 Å². The lowest BCUT2D eigenvalue weighted by atomic mass is 9.93. The van der Waals surface area contributed by atoms with Crippen LogP contribution in [0.2, 0.25) is 0 Å². The monoisotopic (exact) mass is 594 g/mol. The quantitative estimate of drug-likeness (QED) is 0.367. The molecule has 1 aromatic carbocycles. The van der Waals surface area contributed by atoms with Gasteiger partial charge in [0.25, 0.3) is 5.91 Å². The van der Waals surface area contributed by atoms with E-state index in [1.54, 1.807) is 8.99 Å². The summed E-state index contributed by atoms with van der Waals surface area (Å²) in [4.78, 5) is 24.9. The standard InChI is InChI=1S/C30H42N8O3S/c1-6-20-9-8-10-21(7-2)25(20)33-29(39)27-24-12-11-22-19-31-30(34-26(22)28(24)37(5)35-27)32-23-13-15-38(16-14-23)42(40,41)18-17-36(3)4/h8-10,19,23H,6-7,11-18H2,1-5H3,(H,33,39)(H,31,32,34). The number of sulfonamides is 1. The Kier molecular flexibility index (Phi) is 8.95. The number of nitrogens with zero attached hydrogens (tertiary/aromatic N) is 6. The molecule has 1 fully saturated rings. The second-order valence-corrected chi connectivity index (χ2v) is 13.5. The van der Waals surface area contributed by atoms with Gasteiger partial charge in [0, 0.05) is 50.2 Å². The summed E-state index contributed by atoms with van der Waals surface area (Å²) in [7, 11) is 2.34. The Morgan fingerprint density at radius 3 is 2.43 bits per heavy atom. The highest BCUT2D eigenvalue weighted by Crippen LogP contribution is 2.35. The lowest BCUT2D eigenvalue weighted by Crippen LogP contribution is -2.44. The number of rotatable bonds is 10. The third-order valence-corrected chi connectivity index (χ3v) is 10.2. The zero-order valence-electron chi connectivity index (χ0n) is 25.3. The van der Waals surface area contributed by atoms with Gasteiger partial charge in [-0.05, 0) is 69.3 Å². The molecular formula is C30H42N8O3S. The van der Waals surface area contributed by atoms with Gasteiger partial charge in [0.2, 0.25) is 16.0 Å². The summed E-state index contributed by atoms with van der Waals surface area (Å²) in [6, 6.07) is 6.22. The van der Waals surface area contributed by atoms with Gasteiger partial charge in [-0.3, -0.25) is 9.48 Å². The van der Waals surface area contributed by atoms with Crippen LogP contribution in [-0.2, 0) is 42.8 Å². The van der Waals surface area contributed by atoms with E-state index in [4.69, 9.17) is 4.98 Å². The molecule has 2 aromatic heterocycles. The number of nitrogens with one attached hydrogen (secondary N) is 2. The van der Waals surface area contributed by atoms with E-state index in [-0.39, 0.29) is 17.7 Å². The van der Waals surface area contributed by atoms with Crippen LogP contribution in [0.4, 0.5) is 11.6 Å². The Balaban J connectivity index is 1.32. The number of hydrogen-bond acceptors (Lipinski definition) is 8. The van der Waals surface area contributed by atoms with Crippen LogP contribution in [0.1, 0.15) is 59.4 Å². The molecule has 2 aliphatic rings. The molecule has 1 saturated heterocycles. The van der Waals surface area contributed by atoms with E-state index in [9.17, 15) is 13.2 Å². The SMILES string of the molecule is CCc1cccc(CC)c1NC(=O)c1nn(C)c2c1CCc1cnc(NC3CCN(S(=O)(=O)CCN(C)C)CC3)nc1-2. The summed E-state index contributed by atoms with van der Waals surface area (Å²) in [6.07, 6.45) is 6.29. The summed E-state index contributed by atoms with van der Waals surface area (Å²) in [6.45, 7) is 5.64. The number of aromatic nitrogens is 4. The van der Waals surface area contributed by atoms with Crippen LogP contribution in [0.5, 0.6) is 0 Å². The first-order chi connectivity index (χ1) is 20.1. The molecule has 0 unspecified atom stereocenters. The molecule has 1 aliphatic heterocycles. The van der Waals surface area contributed by atoms with E-state index in [2.05, 4.69) is 46.7 Å². The smallest absolute Gasteiger partial charge is 0.276 e. The summed E-state index contributed by atoms with van der Waals surface area (Å²) in [5.41, 5.74) is 7.08. The van der Waals surface area contributed by atoms with Gasteiger partial charge < -0.3 is 15.5 Å². The molecular weight excluding hydrogens is 552 g/mol. The van der Waals surface area contributed by atoms with Gasteiger partial charge in [-0.2, -0.15) is 5.10 Å². The van der Waals surface area contributed by atoms with Crippen molar-refractivity contribution in [2.45, 2.75) is 58.4 Å². The number of piperidine rings is 1. The van der Waals surface area contributed by atoms with E-state index >= 15 is 0 Å². The van der Waals surface area contributed by atoms with Crippen molar-refractivity contribution in [2.75, 3.05) is 50.1 Å². The number of hydrogen-bond donors (Lipinski definition) is 2. The predicted octanol–water partition coefficient (Wildman–Crippen LogP) is 3.12. The van der Waals surface area contributed by atoms with Gasteiger partial charge in [-0.15, -0.1) is 0 Å². The molecule has 0 atom stereocenters. The fourth-order valence-corrected chi connectivity index (χ4v) is 7.49. The number of aryl methyl sites for hydroxylation is 4. The molecule has 0 saturated carbocycles. The van der Waals surface area contributed by atoms with Crippen LogP contribution in [0.25, 0.3) is 11.4 Å². The van der Waals surface area contributed by atoms with Crippen LogP contribution < -0.4 is 10.6 Å². The van der Waals surface area contributed by atoms with E-state index in [1.807, 2.05) is 38.3 Å². The number of fused-ring (bicyclic) bond motifs is 3. The Hall–Kier alpha value is -3.35. The van der Waals surface area contributed by atoms with Gasteiger partial charge >= 0.3 is 0 Å². The van der Waals surface area contributed by atoms with E-state index < -0.39 is 10.0 Å². The van der Waals surface area contributed by atoms with Gasteiger partial charge in [-0.1, -0.05) is 32.0 Å². The Bertz CT molecular complexity index is 1540. The molecule has 0 bridgehead atoms. The van der Waals surface area contributed by atoms with Crippen LogP contribution in [0, 0.1) is 0 Å². The van der Waals surface area contributed by atoms with E-state index in [0.29, 0.717) is 50.5 Å². The molecule has 12 heteroatoms. The molecule has 1 aliphatic carbocycles. The van der Waals surface area contributed by atoms with Crippen molar-refractivity contribution in [1.29, 1.82) is 0 Å². The highest BCUT2D eigenvalue weighted by atomic mass is 32.2. The third kappa shape index (κ3) is 6.20. The molecule has 3 heterocycles. The summed E-state index contributed by atoms with van der Waals surface area (Å²) in [5.74, 6) is 0.432. The van der Waals surface area contributed by atoms with Gasteiger partial charge in [0.15, 0.2) is 5.69 Å². The second-order valence-electron chi connectivity index (χ2n) is 11.4. The normalized spacial score (nSPS) is 15.9. The molecule has 2 N–H and O–H groups in total. The summed E-state index contributed by atoms with van der Waals surface area (Å²) < 4.78 is 28.7. The molecule has 5 rings (SSSR count). The van der Waals surface area contributed by atoms with E-state index in [1.165, 1.54) is 0 Å². The van der Waals surface area contributed by atoms with Crippen molar-refractivity contribution in [3.8, 4) is 11.4 Å². The minimum Gasteiger partial charge on any atom is -0.351 e. The average Bonchev–Trinajstić information content (AvgIpc) is 3.33. The number of amides is 1. The van der Waals surface area contributed by atoms with Gasteiger partial charge in [-0.25, -0.2) is 22.7 Å². The first-order valence-corrected chi connectivity index (χ1v) is 16.5. The largest absolute Gasteiger partial charge is 0.351 e. The Morgan fingerprint density at radius 2 is 1.79 bits per heavy atom. The maximum atomic E-state index is 13.6. The lowest BCUT2D eigenvalue weighted by molar-refractivity contribution is 0.102. The molecule has 11 nitrogen and oxygen atoms in total. The summed E-state index contributed by atoms with van der Waals surface area (Å²) >= 11 is 0. The van der Waals surface area contributed by atoms with Crippen LogP contribution in [0.3, 0.4) is 0 Å². The second kappa shape index (κ2) is 12.5. The van der Waals surface area contributed by atoms with E-state index in [0.717, 1.165) is 58.6 Å². The maximum absolute atomic E-state index is 13.6.